The van der Waals surface area contributed by atoms with E-state index in [4.69, 9.17) is 22.1 Å². The van der Waals surface area contributed by atoms with Crippen LogP contribution in [0.25, 0.3) is 0 Å². The summed E-state index contributed by atoms with van der Waals surface area (Å²) in [4.78, 5) is 18.8. The molecule has 0 bridgehead atoms. The molecule has 0 saturated heterocycles. The van der Waals surface area contributed by atoms with Gasteiger partial charge in [-0.15, -0.1) is 0 Å². The van der Waals surface area contributed by atoms with Gasteiger partial charge in [-0.3, -0.25) is 4.79 Å². The third kappa shape index (κ3) is 2.77. The van der Waals surface area contributed by atoms with Crippen LogP contribution in [0.1, 0.15) is 21.9 Å². The number of nitrogens with zero attached hydrogens (tertiary/aromatic N) is 2. The second-order valence-electron chi connectivity index (χ2n) is 2.66. The molecule has 15 heavy (non-hydrogen) atoms. The summed E-state index contributed by atoms with van der Waals surface area (Å²) < 4.78 is 4.83. The monoisotopic (exact) mass is 230 g/mol. The summed E-state index contributed by atoms with van der Waals surface area (Å²) in [6.45, 7) is 0. The summed E-state index contributed by atoms with van der Waals surface area (Å²) in [6.07, 6.45) is 0. The van der Waals surface area contributed by atoms with Crippen LogP contribution in [-0.4, -0.2) is 30.0 Å². The van der Waals surface area contributed by atoms with Gasteiger partial charge in [0, 0.05) is 20.2 Å². The molecule has 0 aliphatic heterocycles. The summed E-state index contributed by atoms with van der Waals surface area (Å²) in [7, 11) is 3.07. The van der Waals surface area contributed by atoms with E-state index in [-0.39, 0.29) is 11.5 Å². The van der Waals surface area contributed by atoms with Crippen LogP contribution in [0.2, 0.25) is 0 Å². The number of primary amides is 1. The highest BCUT2D eigenvalue weighted by Gasteiger charge is 2.14. The zero-order valence-corrected chi connectivity index (χ0v) is 9.08. The third-order valence-electron chi connectivity index (χ3n) is 1.66. The summed E-state index contributed by atoms with van der Waals surface area (Å²) in [5, 5.41) is 2.77. The van der Waals surface area contributed by atoms with Gasteiger partial charge < -0.3 is 15.8 Å². The number of hydrogen-bond acceptors (Lipinski definition) is 5. The minimum Gasteiger partial charge on any atom is -0.373 e. The van der Waals surface area contributed by atoms with Crippen LogP contribution >= 0.6 is 11.6 Å². The fraction of sp³-hybridized carbons (Fsp3) is 0.375. The number of alkyl halides is 1. The number of carbonyl (C=O) groups excluding carboxylic acids is 1. The van der Waals surface area contributed by atoms with E-state index in [1.165, 1.54) is 13.2 Å². The van der Waals surface area contributed by atoms with Gasteiger partial charge in [0.05, 0.1) is 0 Å². The van der Waals surface area contributed by atoms with Gasteiger partial charge in [-0.1, -0.05) is 11.6 Å². The molecule has 82 valence electrons. The molecule has 3 N–H and O–H groups in total. The maximum absolute atomic E-state index is 11.0. The van der Waals surface area contributed by atoms with Crippen molar-refractivity contribution in [3.05, 3.63) is 17.6 Å². The molecule has 6 nitrogen and oxygen atoms in total. The van der Waals surface area contributed by atoms with E-state index in [2.05, 4.69) is 15.3 Å². The first-order valence-electron chi connectivity index (χ1n) is 4.12. The van der Waals surface area contributed by atoms with E-state index in [1.807, 2.05) is 0 Å². The summed E-state index contributed by atoms with van der Waals surface area (Å²) in [5.41, 5.74) is 4.39. The topological polar surface area (TPSA) is 90.1 Å². The van der Waals surface area contributed by atoms with Gasteiger partial charge >= 0.3 is 0 Å². The van der Waals surface area contributed by atoms with Gasteiger partial charge in [-0.25, -0.2) is 9.97 Å². The number of aromatic nitrogens is 2. The summed E-state index contributed by atoms with van der Waals surface area (Å²) in [5.74, 6) is 0.00596. The molecule has 1 atom stereocenters. The average molecular weight is 231 g/mol. The largest absolute Gasteiger partial charge is 0.373 e. The van der Waals surface area contributed by atoms with E-state index in [1.54, 1.807) is 7.05 Å². The maximum atomic E-state index is 11.0. The van der Waals surface area contributed by atoms with Gasteiger partial charge in [0.25, 0.3) is 5.91 Å². The van der Waals surface area contributed by atoms with Gasteiger partial charge in [0.15, 0.2) is 11.4 Å². The van der Waals surface area contributed by atoms with Crippen LogP contribution in [0.4, 0.5) is 5.82 Å². The van der Waals surface area contributed by atoms with Crippen molar-refractivity contribution in [2.45, 2.75) is 5.56 Å². The molecule has 0 aromatic carbocycles. The predicted octanol–water partition coefficient (Wildman–Crippen LogP) is 0.501. The van der Waals surface area contributed by atoms with E-state index in [0.717, 1.165) is 0 Å². The van der Waals surface area contributed by atoms with E-state index in [9.17, 15) is 4.79 Å². The standard InChI is InChI=1S/C8H11ClN4O2/c1-11-5-3-4(7(10)14)12-8(13-5)6(9)15-2/h3,6H,1-2H3,(H2,10,14)(H,11,12,13). The van der Waals surface area contributed by atoms with Crippen molar-refractivity contribution in [1.82, 2.24) is 9.97 Å². The van der Waals surface area contributed by atoms with Crippen molar-refractivity contribution in [1.29, 1.82) is 0 Å². The number of carbonyl (C=O) groups is 1. The Hall–Kier alpha value is -1.40. The van der Waals surface area contributed by atoms with Gasteiger partial charge in [-0.2, -0.15) is 0 Å². The first-order valence-corrected chi connectivity index (χ1v) is 4.55. The van der Waals surface area contributed by atoms with Crippen LogP contribution < -0.4 is 11.1 Å². The molecule has 1 aromatic rings. The Labute approximate surface area is 91.8 Å². The minimum absolute atomic E-state index is 0.0899. The van der Waals surface area contributed by atoms with Crippen molar-refractivity contribution >= 4 is 23.3 Å². The first-order chi connectivity index (χ1) is 7.08. The highest BCUT2D eigenvalue weighted by molar-refractivity contribution is 6.19. The molecule has 1 heterocycles. The van der Waals surface area contributed by atoms with Crippen molar-refractivity contribution < 1.29 is 9.53 Å². The van der Waals surface area contributed by atoms with Crippen molar-refractivity contribution in [2.24, 2.45) is 5.73 Å². The Morgan fingerprint density at radius 3 is 2.80 bits per heavy atom. The first kappa shape index (κ1) is 11.7. The molecule has 1 rings (SSSR count). The fourth-order valence-electron chi connectivity index (χ4n) is 0.927. The lowest BCUT2D eigenvalue weighted by Crippen LogP contribution is -2.16. The van der Waals surface area contributed by atoms with Crippen LogP contribution in [0.3, 0.4) is 0 Å². The normalized spacial score (nSPS) is 12.2. The Kier molecular flexibility index (Phi) is 3.81. The van der Waals surface area contributed by atoms with Crippen molar-refractivity contribution in [3.8, 4) is 0 Å². The molecule has 0 saturated carbocycles. The Bertz CT molecular complexity index is 372. The molecule has 1 aromatic heterocycles. The summed E-state index contributed by atoms with van der Waals surface area (Å²) in [6, 6.07) is 1.44. The number of anilines is 1. The number of methoxy groups -OCH3 is 1. The number of nitrogens with one attached hydrogen (secondary N) is 1. The molecule has 1 unspecified atom stereocenters. The SMILES string of the molecule is CNc1cc(C(N)=O)nc(C(Cl)OC)n1. The lowest BCUT2D eigenvalue weighted by Gasteiger charge is -2.08. The summed E-state index contributed by atoms with van der Waals surface area (Å²) >= 11 is 5.77. The molecule has 0 radical (unpaired) electrons. The molecule has 0 fully saturated rings. The molecule has 0 aliphatic rings. The van der Waals surface area contributed by atoms with Crippen LogP contribution in [0.15, 0.2) is 6.07 Å². The highest BCUT2D eigenvalue weighted by Crippen LogP contribution is 2.18. The lowest BCUT2D eigenvalue weighted by atomic mass is 10.3. The number of rotatable bonds is 4. The number of hydrogen-bond donors (Lipinski definition) is 2. The quantitative estimate of drug-likeness (QED) is 0.736. The van der Waals surface area contributed by atoms with Crippen LogP contribution in [0, 0.1) is 0 Å². The zero-order chi connectivity index (χ0) is 11.4. The number of nitrogens with two attached hydrogens (primary N) is 1. The molecule has 7 heteroatoms. The minimum atomic E-state index is -0.809. The van der Waals surface area contributed by atoms with Crippen LogP contribution in [0.5, 0.6) is 0 Å². The maximum Gasteiger partial charge on any atom is 0.267 e. The zero-order valence-electron chi connectivity index (χ0n) is 8.32. The van der Waals surface area contributed by atoms with Gasteiger partial charge in [0.2, 0.25) is 0 Å². The smallest absolute Gasteiger partial charge is 0.267 e. The number of halogens is 1. The van der Waals surface area contributed by atoms with E-state index >= 15 is 0 Å². The second-order valence-corrected chi connectivity index (χ2v) is 3.06. The Morgan fingerprint density at radius 1 is 1.67 bits per heavy atom. The van der Waals surface area contributed by atoms with E-state index in [0.29, 0.717) is 5.82 Å². The lowest BCUT2D eigenvalue weighted by molar-refractivity contribution is 0.0994. The van der Waals surface area contributed by atoms with Gasteiger partial charge in [-0.05, 0) is 0 Å². The fourth-order valence-corrected chi connectivity index (χ4v) is 1.02. The molecular formula is C8H11ClN4O2. The van der Waals surface area contributed by atoms with E-state index < -0.39 is 11.5 Å². The van der Waals surface area contributed by atoms with Crippen molar-refractivity contribution in [2.75, 3.05) is 19.5 Å². The van der Waals surface area contributed by atoms with Crippen LogP contribution in [-0.2, 0) is 4.74 Å². The number of amides is 1. The highest BCUT2D eigenvalue weighted by atomic mass is 35.5. The van der Waals surface area contributed by atoms with Crippen molar-refractivity contribution in [3.63, 3.8) is 0 Å². The Balaban J connectivity index is 3.16. The average Bonchev–Trinajstić information content (AvgIpc) is 2.27. The predicted molar refractivity (Wildman–Crippen MR) is 55.7 cm³/mol. The third-order valence-corrected chi connectivity index (χ3v) is 2.04. The molecule has 1 amide bonds. The molecule has 0 spiro atoms. The Morgan fingerprint density at radius 2 is 2.33 bits per heavy atom. The van der Waals surface area contributed by atoms with Gasteiger partial charge in [0.1, 0.15) is 11.5 Å². The molecule has 0 aliphatic carbocycles. The second kappa shape index (κ2) is 4.90. The molecular weight excluding hydrogens is 220 g/mol. The number of ether oxygens (including phenoxy) is 1.